The van der Waals surface area contributed by atoms with Crippen molar-refractivity contribution < 1.29 is 14.3 Å². The molecule has 3 rings (SSSR count). The summed E-state index contributed by atoms with van der Waals surface area (Å²) in [6, 6.07) is 16.9. The summed E-state index contributed by atoms with van der Waals surface area (Å²) in [7, 11) is 0. The molecule has 7 nitrogen and oxygen atoms in total. The summed E-state index contributed by atoms with van der Waals surface area (Å²) in [5, 5.41) is 16.4. The number of amides is 1. The van der Waals surface area contributed by atoms with E-state index in [-0.39, 0.29) is 19.1 Å². The van der Waals surface area contributed by atoms with Crippen LogP contribution in [-0.4, -0.2) is 28.2 Å². The van der Waals surface area contributed by atoms with Gasteiger partial charge in [-0.05, 0) is 45.0 Å². The van der Waals surface area contributed by atoms with Crippen LogP contribution in [0.1, 0.15) is 38.4 Å². The number of rotatable bonds is 6. The molecule has 0 aliphatic heterocycles. The van der Waals surface area contributed by atoms with Crippen molar-refractivity contribution in [3.63, 3.8) is 0 Å². The molecule has 0 unspecified atom stereocenters. The number of aryl methyl sites for hydroxylation is 3. The SMILES string of the molecule is Cc1cc(C)cc(C(=O)NCC(=O)OCc2c(C#N)c(C)nn2-c2ccccc2)c1. The molecule has 1 heterocycles. The van der Waals surface area contributed by atoms with Crippen LogP contribution in [-0.2, 0) is 16.1 Å². The van der Waals surface area contributed by atoms with Gasteiger partial charge in [-0.15, -0.1) is 0 Å². The first-order chi connectivity index (χ1) is 14.4. The summed E-state index contributed by atoms with van der Waals surface area (Å²) in [5.74, 6) is -0.947. The highest BCUT2D eigenvalue weighted by molar-refractivity contribution is 5.96. The predicted octanol–water partition coefficient (Wildman–Crippen LogP) is 3.14. The molecule has 3 aromatic rings. The predicted molar refractivity (Wildman–Crippen MR) is 111 cm³/mol. The summed E-state index contributed by atoms with van der Waals surface area (Å²) < 4.78 is 6.91. The molecule has 0 atom stereocenters. The van der Waals surface area contributed by atoms with Crippen molar-refractivity contribution in [2.45, 2.75) is 27.4 Å². The van der Waals surface area contributed by atoms with Gasteiger partial charge in [-0.2, -0.15) is 10.4 Å². The molecule has 1 N–H and O–H groups in total. The zero-order valence-electron chi connectivity index (χ0n) is 17.1. The zero-order chi connectivity index (χ0) is 21.7. The Morgan fingerprint density at radius 1 is 1.10 bits per heavy atom. The lowest BCUT2D eigenvalue weighted by molar-refractivity contribution is -0.143. The van der Waals surface area contributed by atoms with E-state index >= 15 is 0 Å². The van der Waals surface area contributed by atoms with Gasteiger partial charge < -0.3 is 10.1 Å². The number of esters is 1. The Hall–Kier alpha value is -3.92. The maximum Gasteiger partial charge on any atom is 0.325 e. The van der Waals surface area contributed by atoms with Crippen molar-refractivity contribution in [3.05, 3.63) is 82.2 Å². The Bertz CT molecular complexity index is 1110. The van der Waals surface area contributed by atoms with Gasteiger partial charge >= 0.3 is 5.97 Å². The van der Waals surface area contributed by atoms with E-state index in [9.17, 15) is 14.9 Å². The third-order valence-electron chi connectivity index (χ3n) is 4.52. The van der Waals surface area contributed by atoms with Gasteiger partial charge in [0.1, 0.15) is 24.8 Å². The Morgan fingerprint density at radius 2 is 1.77 bits per heavy atom. The first-order valence-electron chi connectivity index (χ1n) is 9.45. The van der Waals surface area contributed by atoms with E-state index in [0.717, 1.165) is 16.8 Å². The smallest absolute Gasteiger partial charge is 0.325 e. The van der Waals surface area contributed by atoms with Gasteiger partial charge in [0.25, 0.3) is 5.91 Å². The molecule has 7 heteroatoms. The number of hydrogen-bond donors (Lipinski definition) is 1. The van der Waals surface area contributed by atoms with Gasteiger partial charge in [-0.1, -0.05) is 35.4 Å². The minimum absolute atomic E-state index is 0.128. The van der Waals surface area contributed by atoms with E-state index in [1.807, 2.05) is 50.2 Å². The monoisotopic (exact) mass is 402 g/mol. The number of nitrogens with one attached hydrogen (secondary N) is 1. The van der Waals surface area contributed by atoms with Crippen LogP contribution >= 0.6 is 0 Å². The number of hydrogen-bond acceptors (Lipinski definition) is 5. The third-order valence-corrected chi connectivity index (χ3v) is 4.52. The number of carbonyl (C=O) groups is 2. The molecule has 0 radical (unpaired) electrons. The normalized spacial score (nSPS) is 10.3. The highest BCUT2D eigenvalue weighted by Crippen LogP contribution is 2.19. The highest BCUT2D eigenvalue weighted by Gasteiger charge is 2.18. The minimum Gasteiger partial charge on any atom is -0.458 e. The molecule has 0 saturated heterocycles. The average molecular weight is 402 g/mol. The van der Waals surface area contributed by atoms with Crippen LogP contribution in [0.15, 0.2) is 48.5 Å². The Morgan fingerprint density at radius 3 is 2.40 bits per heavy atom. The fourth-order valence-electron chi connectivity index (χ4n) is 3.20. The second-order valence-corrected chi connectivity index (χ2v) is 6.99. The molecule has 0 aliphatic rings. The van der Waals surface area contributed by atoms with Crippen LogP contribution in [0.3, 0.4) is 0 Å². The van der Waals surface area contributed by atoms with Gasteiger partial charge in [0.05, 0.1) is 17.1 Å². The van der Waals surface area contributed by atoms with Gasteiger partial charge in [-0.25, -0.2) is 4.68 Å². The van der Waals surface area contributed by atoms with Crippen LogP contribution < -0.4 is 5.32 Å². The van der Waals surface area contributed by atoms with E-state index in [1.165, 1.54) is 0 Å². The second-order valence-electron chi connectivity index (χ2n) is 6.99. The zero-order valence-corrected chi connectivity index (χ0v) is 17.1. The van der Waals surface area contributed by atoms with Gasteiger partial charge in [0.15, 0.2) is 0 Å². The fraction of sp³-hybridized carbons (Fsp3) is 0.217. The second kappa shape index (κ2) is 9.05. The molecule has 0 spiro atoms. The average Bonchev–Trinajstić information content (AvgIpc) is 3.05. The topological polar surface area (TPSA) is 97.0 Å². The van der Waals surface area contributed by atoms with Gasteiger partial charge in [0.2, 0.25) is 0 Å². The summed E-state index contributed by atoms with van der Waals surface area (Å²) in [5.41, 5.74) is 4.59. The van der Waals surface area contributed by atoms with Crippen LogP contribution in [0.2, 0.25) is 0 Å². The molecular weight excluding hydrogens is 380 g/mol. The first kappa shape index (κ1) is 20.8. The van der Waals surface area contributed by atoms with E-state index in [4.69, 9.17) is 4.74 Å². The molecule has 0 bridgehead atoms. The first-order valence-corrected chi connectivity index (χ1v) is 9.45. The maximum absolute atomic E-state index is 12.3. The van der Waals surface area contributed by atoms with Crippen molar-refractivity contribution in [3.8, 4) is 11.8 Å². The fourth-order valence-corrected chi connectivity index (χ4v) is 3.20. The molecule has 1 amide bonds. The third kappa shape index (κ3) is 4.73. The van der Waals surface area contributed by atoms with Crippen molar-refractivity contribution in [2.24, 2.45) is 0 Å². The van der Waals surface area contributed by atoms with Crippen LogP contribution in [0.4, 0.5) is 0 Å². The van der Waals surface area contributed by atoms with Crippen LogP contribution in [0.5, 0.6) is 0 Å². The largest absolute Gasteiger partial charge is 0.458 e. The quantitative estimate of drug-likeness (QED) is 0.639. The Balaban J connectivity index is 1.66. The standard InChI is InChI=1S/C23H22N4O3/c1-15-9-16(2)11-18(10-15)23(29)25-13-22(28)30-14-21-20(12-24)17(3)26-27(21)19-7-5-4-6-8-19/h4-11H,13-14H2,1-3H3,(H,25,29). The summed E-state index contributed by atoms with van der Waals surface area (Å²) in [4.78, 5) is 24.5. The lowest BCUT2D eigenvalue weighted by Crippen LogP contribution is -2.30. The molecule has 2 aromatic carbocycles. The summed E-state index contributed by atoms with van der Waals surface area (Å²) >= 11 is 0. The van der Waals surface area contributed by atoms with E-state index in [1.54, 1.807) is 23.7 Å². The molecule has 30 heavy (non-hydrogen) atoms. The molecular formula is C23H22N4O3. The molecule has 0 saturated carbocycles. The van der Waals surface area contributed by atoms with E-state index in [2.05, 4.69) is 16.5 Å². The minimum atomic E-state index is -0.602. The number of para-hydroxylation sites is 1. The number of nitrogens with zero attached hydrogens (tertiary/aromatic N) is 3. The molecule has 152 valence electrons. The summed E-state index contributed by atoms with van der Waals surface area (Å²) in [6.07, 6.45) is 0. The van der Waals surface area contributed by atoms with Crippen molar-refractivity contribution >= 4 is 11.9 Å². The van der Waals surface area contributed by atoms with Crippen LogP contribution in [0, 0.1) is 32.1 Å². The van der Waals surface area contributed by atoms with Crippen molar-refractivity contribution in [2.75, 3.05) is 6.54 Å². The van der Waals surface area contributed by atoms with Crippen LogP contribution in [0.25, 0.3) is 5.69 Å². The number of carbonyl (C=O) groups excluding carboxylic acids is 2. The number of aromatic nitrogens is 2. The molecule has 1 aromatic heterocycles. The number of ether oxygens (including phenoxy) is 1. The Labute approximate surface area is 174 Å². The molecule has 0 fully saturated rings. The maximum atomic E-state index is 12.3. The molecule has 0 aliphatic carbocycles. The highest BCUT2D eigenvalue weighted by atomic mass is 16.5. The lowest BCUT2D eigenvalue weighted by atomic mass is 10.1. The van der Waals surface area contributed by atoms with Crippen molar-refractivity contribution in [1.29, 1.82) is 5.26 Å². The summed E-state index contributed by atoms with van der Waals surface area (Å²) in [6.45, 7) is 5.14. The van der Waals surface area contributed by atoms with Gasteiger partial charge in [-0.3, -0.25) is 9.59 Å². The lowest BCUT2D eigenvalue weighted by Gasteiger charge is -2.10. The van der Waals surface area contributed by atoms with E-state index in [0.29, 0.717) is 22.5 Å². The van der Waals surface area contributed by atoms with E-state index < -0.39 is 5.97 Å². The Kier molecular flexibility index (Phi) is 6.28. The number of benzene rings is 2. The number of nitriles is 1. The van der Waals surface area contributed by atoms with Gasteiger partial charge in [0, 0.05) is 5.56 Å². The van der Waals surface area contributed by atoms with Crippen molar-refractivity contribution in [1.82, 2.24) is 15.1 Å².